The van der Waals surface area contributed by atoms with Crippen molar-refractivity contribution in [2.45, 2.75) is 13.8 Å². The second kappa shape index (κ2) is 7.45. The van der Waals surface area contributed by atoms with Crippen LogP contribution in [0.2, 0.25) is 0 Å². The molecule has 0 atom stereocenters. The number of benzene rings is 2. The van der Waals surface area contributed by atoms with Crippen LogP contribution in [0.3, 0.4) is 0 Å². The lowest BCUT2D eigenvalue weighted by Crippen LogP contribution is -2.15. The summed E-state index contributed by atoms with van der Waals surface area (Å²) in [6.45, 7) is 3.67. The maximum atomic E-state index is 12.5. The number of carbonyl (C=O) groups excluding carboxylic acids is 1. The molecule has 0 bridgehead atoms. The maximum absolute atomic E-state index is 12.5. The van der Waals surface area contributed by atoms with E-state index < -0.39 is 0 Å². The molecule has 0 aliphatic carbocycles. The third kappa shape index (κ3) is 4.02. The summed E-state index contributed by atoms with van der Waals surface area (Å²) in [7, 11) is 0. The Morgan fingerprint density at radius 1 is 1.04 bits per heavy atom. The molecule has 0 fully saturated rings. The van der Waals surface area contributed by atoms with Crippen LogP contribution in [0.25, 0.3) is 0 Å². The van der Waals surface area contributed by atoms with Gasteiger partial charge in [0.05, 0.1) is 11.3 Å². The number of carbonyl (C=O) groups is 1. The minimum absolute atomic E-state index is 0.246. The number of aromatic nitrogens is 2. The Balaban J connectivity index is 1.85. The van der Waals surface area contributed by atoms with Crippen molar-refractivity contribution in [3.8, 4) is 6.07 Å². The molecular weight excluding hydrogens is 326 g/mol. The number of hydrogen-bond donors (Lipinski definition) is 2. The lowest BCUT2D eigenvalue weighted by atomic mass is 10.2. The maximum Gasteiger partial charge on any atom is 0.274 e. The van der Waals surface area contributed by atoms with E-state index in [1.807, 2.05) is 37.3 Å². The number of anilines is 3. The first kappa shape index (κ1) is 17.1. The Kier molecular flexibility index (Phi) is 4.90. The average Bonchev–Trinajstić information content (AvgIpc) is 2.61. The third-order valence-corrected chi connectivity index (χ3v) is 3.66. The number of para-hydroxylation sites is 1. The summed E-state index contributed by atoms with van der Waals surface area (Å²) >= 11 is 0. The highest BCUT2D eigenvalue weighted by atomic mass is 16.1. The van der Waals surface area contributed by atoms with Gasteiger partial charge in [0.1, 0.15) is 23.4 Å². The Morgan fingerprint density at radius 3 is 2.62 bits per heavy atom. The molecule has 2 N–H and O–H groups in total. The van der Waals surface area contributed by atoms with E-state index in [2.05, 4.69) is 26.7 Å². The van der Waals surface area contributed by atoms with Crippen LogP contribution in [0, 0.1) is 25.2 Å². The fourth-order valence-corrected chi connectivity index (χ4v) is 2.49. The molecule has 1 heterocycles. The smallest absolute Gasteiger partial charge is 0.274 e. The second-order valence-corrected chi connectivity index (χ2v) is 5.79. The van der Waals surface area contributed by atoms with E-state index in [1.54, 1.807) is 31.2 Å². The van der Waals surface area contributed by atoms with Crippen molar-refractivity contribution in [1.29, 1.82) is 5.26 Å². The van der Waals surface area contributed by atoms with Crippen molar-refractivity contribution in [3.63, 3.8) is 0 Å². The number of nitrogens with zero attached hydrogens (tertiary/aromatic N) is 3. The molecule has 0 saturated heterocycles. The van der Waals surface area contributed by atoms with Gasteiger partial charge in [-0.2, -0.15) is 5.26 Å². The van der Waals surface area contributed by atoms with E-state index in [9.17, 15) is 10.1 Å². The van der Waals surface area contributed by atoms with Crippen LogP contribution in [-0.4, -0.2) is 15.9 Å². The molecule has 0 saturated carbocycles. The Morgan fingerprint density at radius 2 is 1.85 bits per heavy atom. The van der Waals surface area contributed by atoms with Crippen molar-refractivity contribution in [1.82, 2.24) is 9.97 Å². The highest BCUT2D eigenvalue weighted by molar-refractivity contribution is 6.03. The molecule has 6 heteroatoms. The van der Waals surface area contributed by atoms with Crippen molar-refractivity contribution < 1.29 is 4.79 Å². The summed E-state index contributed by atoms with van der Waals surface area (Å²) in [5.41, 5.74) is 3.12. The Bertz CT molecular complexity index is 1010. The molecule has 128 valence electrons. The summed E-state index contributed by atoms with van der Waals surface area (Å²) in [6, 6.07) is 18.3. The Hall–Kier alpha value is -3.72. The van der Waals surface area contributed by atoms with Gasteiger partial charge in [-0.25, -0.2) is 9.97 Å². The van der Waals surface area contributed by atoms with Gasteiger partial charge in [-0.15, -0.1) is 0 Å². The van der Waals surface area contributed by atoms with Crippen LogP contribution < -0.4 is 10.6 Å². The quantitative estimate of drug-likeness (QED) is 0.748. The van der Waals surface area contributed by atoms with Gasteiger partial charge in [0.2, 0.25) is 0 Å². The molecule has 2 aromatic carbocycles. The molecule has 1 amide bonds. The second-order valence-electron chi connectivity index (χ2n) is 5.79. The standard InChI is InChI=1S/C20H17N5O/c1-13-6-5-8-16(10-13)24-20(26)18-11-19(23-14(2)22-18)25-17-9-4-3-7-15(17)12-21/h3-11H,1-2H3,(H,24,26)(H,22,23,25). The highest BCUT2D eigenvalue weighted by Crippen LogP contribution is 2.20. The molecule has 0 radical (unpaired) electrons. The van der Waals surface area contributed by atoms with Gasteiger partial charge < -0.3 is 10.6 Å². The zero-order chi connectivity index (χ0) is 18.5. The largest absolute Gasteiger partial charge is 0.339 e. The molecule has 1 aromatic heterocycles. The zero-order valence-corrected chi connectivity index (χ0v) is 14.4. The minimum atomic E-state index is -0.322. The molecule has 0 spiro atoms. The molecule has 3 aromatic rings. The number of nitrogens with one attached hydrogen (secondary N) is 2. The van der Waals surface area contributed by atoms with Gasteiger partial charge in [0.25, 0.3) is 5.91 Å². The van der Waals surface area contributed by atoms with Crippen LogP contribution in [0.4, 0.5) is 17.2 Å². The minimum Gasteiger partial charge on any atom is -0.339 e. The van der Waals surface area contributed by atoms with E-state index in [-0.39, 0.29) is 11.6 Å². The van der Waals surface area contributed by atoms with Crippen molar-refractivity contribution >= 4 is 23.1 Å². The number of rotatable bonds is 4. The topological polar surface area (TPSA) is 90.7 Å². The number of aryl methyl sites for hydroxylation is 2. The van der Waals surface area contributed by atoms with Crippen LogP contribution >= 0.6 is 0 Å². The fraction of sp³-hybridized carbons (Fsp3) is 0.100. The first-order chi connectivity index (χ1) is 12.5. The number of amides is 1. The van der Waals surface area contributed by atoms with Crippen molar-refractivity contribution in [3.05, 3.63) is 77.2 Å². The van der Waals surface area contributed by atoms with Gasteiger partial charge >= 0.3 is 0 Å². The van der Waals surface area contributed by atoms with Gasteiger partial charge in [0, 0.05) is 11.8 Å². The van der Waals surface area contributed by atoms with Crippen molar-refractivity contribution in [2.75, 3.05) is 10.6 Å². The third-order valence-electron chi connectivity index (χ3n) is 3.66. The molecule has 26 heavy (non-hydrogen) atoms. The summed E-state index contributed by atoms with van der Waals surface area (Å²) in [4.78, 5) is 21.0. The van der Waals surface area contributed by atoms with Gasteiger partial charge in [-0.1, -0.05) is 24.3 Å². The zero-order valence-electron chi connectivity index (χ0n) is 14.4. The van der Waals surface area contributed by atoms with E-state index >= 15 is 0 Å². The number of nitriles is 1. The normalized spacial score (nSPS) is 10.0. The lowest BCUT2D eigenvalue weighted by Gasteiger charge is -2.10. The molecular formula is C20H17N5O. The van der Waals surface area contributed by atoms with Crippen LogP contribution in [0.1, 0.15) is 27.4 Å². The van der Waals surface area contributed by atoms with E-state index in [1.165, 1.54) is 0 Å². The lowest BCUT2D eigenvalue weighted by molar-refractivity contribution is 0.102. The highest BCUT2D eigenvalue weighted by Gasteiger charge is 2.12. The van der Waals surface area contributed by atoms with Crippen LogP contribution in [-0.2, 0) is 0 Å². The molecule has 0 aliphatic heterocycles. The van der Waals surface area contributed by atoms with Gasteiger partial charge in [-0.3, -0.25) is 4.79 Å². The predicted molar refractivity (Wildman–Crippen MR) is 100 cm³/mol. The summed E-state index contributed by atoms with van der Waals surface area (Å²) in [5.74, 6) is 0.589. The summed E-state index contributed by atoms with van der Waals surface area (Å²) < 4.78 is 0. The van der Waals surface area contributed by atoms with E-state index in [0.29, 0.717) is 28.6 Å². The van der Waals surface area contributed by atoms with Crippen molar-refractivity contribution in [2.24, 2.45) is 0 Å². The fourth-order valence-electron chi connectivity index (χ4n) is 2.49. The summed E-state index contributed by atoms with van der Waals surface area (Å²) in [5, 5.41) is 15.1. The monoisotopic (exact) mass is 343 g/mol. The average molecular weight is 343 g/mol. The molecule has 0 unspecified atom stereocenters. The Labute approximate surface area is 151 Å². The first-order valence-corrected chi connectivity index (χ1v) is 8.05. The van der Waals surface area contributed by atoms with Gasteiger partial charge in [-0.05, 0) is 43.7 Å². The van der Waals surface area contributed by atoms with Gasteiger partial charge in [0.15, 0.2) is 0 Å². The number of hydrogen-bond acceptors (Lipinski definition) is 5. The molecule has 3 rings (SSSR count). The van der Waals surface area contributed by atoms with Crippen LogP contribution in [0.5, 0.6) is 0 Å². The molecule has 0 aliphatic rings. The van der Waals surface area contributed by atoms with E-state index in [0.717, 1.165) is 5.56 Å². The van der Waals surface area contributed by atoms with E-state index in [4.69, 9.17) is 0 Å². The van der Waals surface area contributed by atoms with Crippen LogP contribution in [0.15, 0.2) is 54.6 Å². The predicted octanol–water partition coefficient (Wildman–Crippen LogP) is 3.96. The molecule has 6 nitrogen and oxygen atoms in total. The SMILES string of the molecule is Cc1cccc(NC(=O)c2cc(Nc3ccccc3C#N)nc(C)n2)c1. The first-order valence-electron chi connectivity index (χ1n) is 8.05. The summed E-state index contributed by atoms with van der Waals surface area (Å²) in [6.07, 6.45) is 0.